The second-order valence-corrected chi connectivity index (χ2v) is 4.63. The lowest BCUT2D eigenvalue weighted by atomic mass is 10.2. The Balaban J connectivity index is 2.08. The molecule has 2 rings (SSSR count). The molecule has 0 spiro atoms. The Kier molecular flexibility index (Phi) is 3.46. The maximum absolute atomic E-state index is 11.8. The lowest BCUT2D eigenvalue weighted by molar-refractivity contribution is -0.117. The molecule has 1 aromatic carbocycles. The van der Waals surface area contributed by atoms with Crippen molar-refractivity contribution in [3.63, 3.8) is 0 Å². The van der Waals surface area contributed by atoms with E-state index in [-0.39, 0.29) is 17.7 Å². The Morgan fingerprint density at radius 1 is 1.56 bits per heavy atom. The molecule has 1 aliphatic rings. The minimum Gasteiger partial charge on any atom is -0.505 e. The molecule has 0 saturated carbocycles. The molecule has 1 atom stereocenters. The molecule has 0 radical (unpaired) electrons. The number of nitrogens with one attached hydrogen (secondary N) is 2. The molecule has 1 heterocycles. The van der Waals surface area contributed by atoms with Gasteiger partial charge in [-0.25, -0.2) is 0 Å². The lowest BCUT2D eigenvalue weighted by Gasteiger charge is -2.12. The van der Waals surface area contributed by atoms with Crippen LogP contribution in [0.5, 0.6) is 5.75 Å². The average molecular weight is 285 g/mol. The third-order valence-corrected chi connectivity index (χ3v) is 3.26. The van der Waals surface area contributed by atoms with E-state index in [9.17, 15) is 9.90 Å². The number of amides is 1. The van der Waals surface area contributed by atoms with Crippen molar-refractivity contribution in [1.29, 1.82) is 0 Å². The fraction of sp³-hybridized carbons (Fsp3) is 0.364. The van der Waals surface area contributed by atoms with Crippen molar-refractivity contribution >= 4 is 27.5 Å². The van der Waals surface area contributed by atoms with Gasteiger partial charge in [0.25, 0.3) is 0 Å². The summed E-state index contributed by atoms with van der Waals surface area (Å²) in [6.07, 6.45) is 1.86. The molecule has 0 bridgehead atoms. The fourth-order valence-electron chi connectivity index (χ4n) is 1.74. The molecule has 1 aliphatic heterocycles. The van der Waals surface area contributed by atoms with Crippen LogP contribution in [0.3, 0.4) is 0 Å². The molecular weight excluding hydrogens is 272 g/mol. The Hall–Kier alpha value is -1.07. The monoisotopic (exact) mass is 284 g/mol. The number of carbonyl (C=O) groups is 1. The maximum atomic E-state index is 11.8. The number of para-hydroxylation sites is 1. The van der Waals surface area contributed by atoms with Gasteiger partial charge in [0.05, 0.1) is 16.2 Å². The first-order valence-corrected chi connectivity index (χ1v) is 5.99. The van der Waals surface area contributed by atoms with Crippen LogP contribution in [-0.4, -0.2) is 23.6 Å². The van der Waals surface area contributed by atoms with Crippen molar-refractivity contribution in [3.05, 3.63) is 22.7 Å². The highest BCUT2D eigenvalue weighted by Gasteiger charge is 2.22. The van der Waals surface area contributed by atoms with E-state index in [0.717, 1.165) is 19.4 Å². The van der Waals surface area contributed by atoms with Gasteiger partial charge in [-0.2, -0.15) is 0 Å². The van der Waals surface area contributed by atoms with Crippen molar-refractivity contribution < 1.29 is 9.90 Å². The summed E-state index contributed by atoms with van der Waals surface area (Å²) in [6, 6.07) is 5.02. The van der Waals surface area contributed by atoms with Gasteiger partial charge in [-0.3, -0.25) is 4.79 Å². The Morgan fingerprint density at radius 3 is 3.06 bits per heavy atom. The van der Waals surface area contributed by atoms with E-state index in [1.807, 2.05) is 0 Å². The number of halogens is 1. The van der Waals surface area contributed by atoms with Crippen LogP contribution in [0.2, 0.25) is 0 Å². The zero-order valence-corrected chi connectivity index (χ0v) is 10.3. The van der Waals surface area contributed by atoms with Gasteiger partial charge in [-0.15, -0.1) is 0 Å². The van der Waals surface area contributed by atoms with Crippen LogP contribution >= 0.6 is 15.9 Å². The molecule has 1 aromatic rings. The number of aromatic hydroxyl groups is 1. The average Bonchev–Trinajstić information content (AvgIpc) is 2.78. The predicted molar refractivity (Wildman–Crippen MR) is 65.5 cm³/mol. The molecule has 86 valence electrons. The SMILES string of the molecule is O=C(Nc1cccc(Br)c1O)C1CCCN1. The van der Waals surface area contributed by atoms with Gasteiger partial charge in [0.15, 0.2) is 5.75 Å². The first kappa shape index (κ1) is 11.4. The Bertz CT molecular complexity index is 403. The molecule has 5 heteroatoms. The third kappa shape index (κ3) is 2.36. The standard InChI is InChI=1S/C11H13BrN2O2/c12-7-3-1-4-8(10(7)15)14-11(16)9-5-2-6-13-9/h1,3-4,9,13,15H,2,5-6H2,(H,14,16). The summed E-state index contributed by atoms with van der Waals surface area (Å²) < 4.78 is 0.574. The highest BCUT2D eigenvalue weighted by molar-refractivity contribution is 9.10. The van der Waals surface area contributed by atoms with Crippen molar-refractivity contribution in [2.45, 2.75) is 18.9 Å². The largest absolute Gasteiger partial charge is 0.505 e. The van der Waals surface area contributed by atoms with Crippen LogP contribution < -0.4 is 10.6 Å². The van der Waals surface area contributed by atoms with Crippen LogP contribution in [0.25, 0.3) is 0 Å². The molecule has 0 aliphatic carbocycles. The molecule has 0 aromatic heterocycles. The highest BCUT2D eigenvalue weighted by Crippen LogP contribution is 2.31. The van der Waals surface area contributed by atoms with Crippen LogP contribution in [0.4, 0.5) is 5.69 Å². The number of hydrogen-bond acceptors (Lipinski definition) is 3. The maximum Gasteiger partial charge on any atom is 0.241 e. The number of hydrogen-bond donors (Lipinski definition) is 3. The second kappa shape index (κ2) is 4.84. The van der Waals surface area contributed by atoms with E-state index < -0.39 is 0 Å². The van der Waals surface area contributed by atoms with Crippen molar-refractivity contribution in [1.82, 2.24) is 5.32 Å². The molecule has 1 saturated heterocycles. The van der Waals surface area contributed by atoms with Gasteiger partial charge >= 0.3 is 0 Å². The predicted octanol–water partition coefficient (Wildman–Crippen LogP) is 1.85. The second-order valence-electron chi connectivity index (χ2n) is 3.77. The van der Waals surface area contributed by atoms with E-state index in [1.54, 1.807) is 18.2 Å². The first-order valence-electron chi connectivity index (χ1n) is 5.20. The van der Waals surface area contributed by atoms with E-state index in [1.165, 1.54) is 0 Å². The third-order valence-electron chi connectivity index (χ3n) is 2.62. The van der Waals surface area contributed by atoms with E-state index >= 15 is 0 Å². The van der Waals surface area contributed by atoms with Crippen LogP contribution in [0.15, 0.2) is 22.7 Å². The summed E-state index contributed by atoms with van der Waals surface area (Å²) in [5.74, 6) is -0.0280. The lowest BCUT2D eigenvalue weighted by Crippen LogP contribution is -2.35. The number of rotatable bonds is 2. The summed E-state index contributed by atoms with van der Waals surface area (Å²) in [5, 5.41) is 15.5. The topological polar surface area (TPSA) is 61.4 Å². The number of phenolic OH excluding ortho intramolecular Hbond substituents is 1. The molecule has 16 heavy (non-hydrogen) atoms. The van der Waals surface area contributed by atoms with Gasteiger partial charge in [0, 0.05) is 0 Å². The number of carbonyl (C=O) groups excluding carboxylic acids is 1. The zero-order chi connectivity index (χ0) is 11.5. The summed E-state index contributed by atoms with van der Waals surface area (Å²) >= 11 is 3.20. The summed E-state index contributed by atoms with van der Waals surface area (Å²) in [4.78, 5) is 11.8. The van der Waals surface area contributed by atoms with Gasteiger partial charge < -0.3 is 15.7 Å². The zero-order valence-electron chi connectivity index (χ0n) is 8.66. The Labute approximate surface area is 102 Å². The fourth-order valence-corrected chi connectivity index (χ4v) is 2.11. The summed E-state index contributed by atoms with van der Waals surface area (Å²) in [6.45, 7) is 0.878. The van der Waals surface area contributed by atoms with Crippen LogP contribution in [0, 0.1) is 0 Å². The minimum absolute atomic E-state index is 0.0637. The molecule has 3 N–H and O–H groups in total. The summed E-state index contributed by atoms with van der Waals surface area (Å²) in [5.41, 5.74) is 0.438. The smallest absolute Gasteiger partial charge is 0.241 e. The number of phenols is 1. The van der Waals surface area contributed by atoms with E-state index in [4.69, 9.17) is 0 Å². The van der Waals surface area contributed by atoms with E-state index in [2.05, 4.69) is 26.6 Å². The van der Waals surface area contributed by atoms with Crippen LogP contribution in [-0.2, 0) is 4.79 Å². The summed E-state index contributed by atoms with van der Waals surface area (Å²) in [7, 11) is 0. The normalized spacial score (nSPS) is 19.7. The van der Waals surface area contributed by atoms with Crippen molar-refractivity contribution in [3.8, 4) is 5.75 Å². The van der Waals surface area contributed by atoms with Gasteiger partial charge in [-0.05, 0) is 47.4 Å². The highest BCUT2D eigenvalue weighted by atomic mass is 79.9. The van der Waals surface area contributed by atoms with Gasteiger partial charge in [-0.1, -0.05) is 6.07 Å². The van der Waals surface area contributed by atoms with Crippen molar-refractivity contribution in [2.24, 2.45) is 0 Å². The van der Waals surface area contributed by atoms with E-state index in [0.29, 0.717) is 10.2 Å². The quantitative estimate of drug-likeness (QED) is 0.727. The van der Waals surface area contributed by atoms with Crippen LogP contribution in [0.1, 0.15) is 12.8 Å². The first-order chi connectivity index (χ1) is 7.68. The number of anilines is 1. The Morgan fingerprint density at radius 2 is 2.38 bits per heavy atom. The number of benzene rings is 1. The van der Waals surface area contributed by atoms with Gasteiger partial charge in [0.2, 0.25) is 5.91 Å². The molecule has 1 fully saturated rings. The minimum atomic E-state index is -0.140. The molecule has 1 unspecified atom stereocenters. The van der Waals surface area contributed by atoms with Gasteiger partial charge in [0.1, 0.15) is 0 Å². The molecule has 4 nitrogen and oxygen atoms in total. The molecule has 1 amide bonds. The molecular formula is C11H13BrN2O2. The van der Waals surface area contributed by atoms with Crippen molar-refractivity contribution in [2.75, 3.05) is 11.9 Å².